The maximum Gasteiger partial charge on any atom is 0.251 e. The minimum Gasteiger partial charge on any atom is -0.497 e. The molecule has 33 heavy (non-hydrogen) atoms. The second-order valence-corrected chi connectivity index (χ2v) is 7.72. The second kappa shape index (κ2) is 11.7. The number of thioether (sulfide) groups is 1. The van der Waals surface area contributed by atoms with Crippen LogP contribution in [0.15, 0.2) is 66.3 Å². The molecule has 2 aromatic carbocycles. The average Bonchev–Trinajstić information content (AvgIpc) is 3.23. The van der Waals surface area contributed by atoms with E-state index in [1.165, 1.54) is 11.8 Å². The molecule has 1 aromatic heterocycles. The summed E-state index contributed by atoms with van der Waals surface area (Å²) < 4.78 is 12.0. The van der Waals surface area contributed by atoms with Crippen molar-refractivity contribution in [3.63, 3.8) is 0 Å². The maximum absolute atomic E-state index is 12.4. The summed E-state index contributed by atoms with van der Waals surface area (Å²) in [7, 11) is 3.15. The van der Waals surface area contributed by atoms with E-state index >= 15 is 0 Å². The van der Waals surface area contributed by atoms with Crippen molar-refractivity contribution in [2.45, 2.75) is 18.2 Å². The predicted octanol–water partition coefficient (Wildman–Crippen LogP) is 3.14. The third kappa shape index (κ3) is 6.59. The van der Waals surface area contributed by atoms with Crippen LogP contribution < -0.4 is 20.1 Å². The number of ether oxygens (including phenoxy) is 2. The Morgan fingerprint density at radius 2 is 1.67 bits per heavy atom. The van der Waals surface area contributed by atoms with Crippen molar-refractivity contribution < 1.29 is 19.1 Å². The zero-order chi connectivity index (χ0) is 23.6. The molecule has 0 fully saturated rings. The van der Waals surface area contributed by atoms with Crippen LogP contribution >= 0.6 is 11.8 Å². The van der Waals surface area contributed by atoms with E-state index in [-0.39, 0.29) is 24.1 Å². The van der Waals surface area contributed by atoms with Gasteiger partial charge >= 0.3 is 0 Å². The van der Waals surface area contributed by atoms with Gasteiger partial charge in [0.1, 0.15) is 11.5 Å². The molecular weight excluding hydrogens is 442 g/mol. The largest absolute Gasteiger partial charge is 0.497 e. The fourth-order valence-corrected chi connectivity index (χ4v) is 3.64. The monoisotopic (exact) mass is 467 g/mol. The summed E-state index contributed by atoms with van der Waals surface area (Å²) in [4.78, 5) is 24.8. The molecular formula is C23H25N5O4S. The number of carbonyl (C=O) groups is 2. The first-order chi connectivity index (χ1) is 16.0. The number of allylic oxidation sites excluding steroid dienone is 1. The van der Waals surface area contributed by atoms with E-state index < -0.39 is 0 Å². The number of benzene rings is 2. The van der Waals surface area contributed by atoms with Gasteiger partial charge < -0.3 is 24.7 Å². The summed E-state index contributed by atoms with van der Waals surface area (Å²) in [5.74, 6) is 1.70. The minimum atomic E-state index is -0.237. The van der Waals surface area contributed by atoms with Crippen LogP contribution in [-0.4, -0.2) is 46.6 Å². The van der Waals surface area contributed by atoms with Gasteiger partial charge in [0.05, 0.1) is 26.5 Å². The number of hydrogen-bond acceptors (Lipinski definition) is 7. The summed E-state index contributed by atoms with van der Waals surface area (Å²) >= 11 is 1.26. The standard InChI is InChI=1S/C23H25N5O4S/c1-4-13-28-20(14-24-22(30)16-5-9-18(31-2)10-6-16)26-27-23(28)33-15-21(29)25-17-7-11-19(32-3)12-8-17/h4-12H,1,13-15H2,2-3H3,(H,24,30)(H,25,29). The molecule has 10 heteroatoms. The number of nitrogens with one attached hydrogen (secondary N) is 2. The number of amides is 2. The number of anilines is 1. The van der Waals surface area contributed by atoms with Crippen molar-refractivity contribution in [1.82, 2.24) is 20.1 Å². The van der Waals surface area contributed by atoms with E-state index in [4.69, 9.17) is 9.47 Å². The van der Waals surface area contributed by atoms with Gasteiger partial charge in [-0.2, -0.15) is 0 Å². The molecule has 0 spiro atoms. The molecule has 0 aliphatic carbocycles. The normalized spacial score (nSPS) is 10.4. The van der Waals surface area contributed by atoms with E-state index in [0.29, 0.717) is 40.3 Å². The molecule has 172 valence electrons. The Labute approximate surface area is 196 Å². The van der Waals surface area contributed by atoms with Gasteiger partial charge in [0.15, 0.2) is 11.0 Å². The Bertz CT molecular complexity index is 1100. The van der Waals surface area contributed by atoms with Crippen molar-refractivity contribution >= 4 is 29.3 Å². The van der Waals surface area contributed by atoms with E-state index in [2.05, 4.69) is 27.4 Å². The van der Waals surface area contributed by atoms with Crippen molar-refractivity contribution in [2.75, 3.05) is 25.3 Å². The highest BCUT2D eigenvalue weighted by molar-refractivity contribution is 7.99. The van der Waals surface area contributed by atoms with Gasteiger partial charge in [-0.1, -0.05) is 17.8 Å². The summed E-state index contributed by atoms with van der Waals surface area (Å²) in [6.07, 6.45) is 1.71. The zero-order valence-corrected chi connectivity index (χ0v) is 19.2. The zero-order valence-electron chi connectivity index (χ0n) is 18.4. The summed E-state index contributed by atoms with van der Waals surface area (Å²) in [6, 6.07) is 13.9. The Morgan fingerprint density at radius 3 is 2.27 bits per heavy atom. The van der Waals surface area contributed by atoms with E-state index in [9.17, 15) is 9.59 Å². The fraction of sp³-hybridized carbons (Fsp3) is 0.217. The van der Waals surface area contributed by atoms with E-state index in [1.807, 2.05) is 4.57 Å². The van der Waals surface area contributed by atoms with E-state index in [1.54, 1.807) is 68.8 Å². The van der Waals surface area contributed by atoms with Crippen LogP contribution in [0, 0.1) is 0 Å². The number of rotatable bonds is 11. The van der Waals surface area contributed by atoms with Gasteiger partial charge in [0.2, 0.25) is 5.91 Å². The van der Waals surface area contributed by atoms with Gasteiger partial charge in [-0.15, -0.1) is 16.8 Å². The van der Waals surface area contributed by atoms with Crippen LogP contribution in [0.3, 0.4) is 0 Å². The number of methoxy groups -OCH3 is 2. The first-order valence-corrected chi connectivity index (χ1v) is 11.0. The molecule has 9 nitrogen and oxygen atoms in total. The van der Waals surface area contributed by atoms with Crippen molar-refractivity contribution in [1.29, 1.82) is 0 Å². The maximum atomic E-state index is 12.4. The SMILES string of the molecule is C=CCn1c(CNC(=O)c2ccc(OC)cc2)nnc1SCC(=O)Nc1ccc(OC)cc1. The highest BCUT2D eigenvalue weighted by Crippen LogP contribution is 2.19. The van der Waals surface area contributed by atoms with Crippen LogP contribution in [0.25, 0.3) is 0 Å². The average molecular weight is 468 g/mol. The highest BCUT2D eigenvalue weighted by atomic mass is 32.2. The smallest absolute Gasteiger partial charge is 0.251 e. The van der Waals surface area contributed by atoms with Crippen molar-refractivity contribution in [3.8, 4) is 11.5 Å². The van der Waals surface area contributed by atoms with Crippen molar-refractivity contribution in [2.24, 2.45) is 0 Å². The minimum absolute atomic E-state index is 0.152. The number of hydrogen-bond donors (Lipinski definition) is 2. The van der Waals surface area contributed by atoms with Gasteiger partial charge in [-0.3, -0.25) is 9.59 Å². The van der Waals surface area contributed by atoms with E-state index in [0.717, 1.165) is 0 Å². The van der Waals surface area contributed by atoms with Crippen LogP contribution in [0.5, 0.6) is 11.5 Å². The molecule has 0 unspecified atom stereocenters. The third-order valence-electron chi connectivity index (χ3n) is 4.57. The van der Waals surface area contributed by atoms with Gasteiger partial charge in [0.25, 0.3) is 5.91 Å². The topological polar surface area (TPSA) is 107 Å². The molecule has 0 aliphatic rings. The second-order valence-electron chi connectivity index (χ2n) is 6.77. The molecule has 2 N–H and O–H groups in total. The molecule has 0 aliphatic heterocycles. The molecule has 0 saturated carbocycles. The molecule has 2 amide bonds. The molecule has 0 atom stereocenters. The highest BCUT2D eigenvalue weighted by Gasteiger charge is 2.15. The van der Waals surface area contributed by atoms with Gasteiger partial charge in [-0.05, 0) is 48.5 Å². The Morgan fingerprint density at radius 1 is 1.03 bits per heavy atom. The lowest BCUT2D eigenvalue weighted by Crippen LogP contribution is -2.24. The first kappa shape index (κ1) is 23.9. The lowest BCUT2D eigenvalue weighted by molar-refractivity contribution is -0.113. The molecule has 3 aromatic rings. The number of nitrogens with zero attached hydrogens (tertiary/aromatic N) is 3. The summed E-state index contributed by atoms with van der Waals surface area (Å²) in [6.45, 7) is 4.40. The van der Waals surface area contributed by atoms with Gasteiger partial charge in [0, 0.05) is 17.8 Å². The van der Waals surface area contributed by atoms with Crippen LogP contribution in [0.1, 0.15) is 16.2 Å². The molecule has 3 rings (SSSR count). The lowest BCUT2D eigenvalue weighted by Gasteiger charge is -2.09. The first-order valence-electron chi connectivity index (χ1n) is 10.1. The lowest BCUT2D eigenvalue weighted by atomic mass is 10.2. The molecule has 1 heterocycles. The molecule has 0 bridgehead atoms. The van der Waals surface area contributed by atoms with Crippen LogP contribution in [-0.2, 0) is 17.9 Å². The van der Waals surface area contributed by atoms with Crippen molar-refractivity contribution in [3.05, 3.63) is 72.6 Å². The van der Waals surface area contributed by atoms with Crippen LogP contribution in [0.4, 0.5) is 5.69 Å². The molecule has 0 saturated heterocycles. The van der Waals surface area contributed by atoms with Gasteiger partial charge in [-0.25, -0.2) is 0 Å². The fourth-order valence-electron chi connectivity index (χ4n) is 2.87. The quantitative estimate of drug-likeness (QED) is 0.329. The number of aromatic nitrogens is 3. The summed E-state index contributed by atoms with van der Waals surface area (Å²) in [5.41, 5.74) is 1.19. The van der Waals surface area contributed by atoms with Crippen LogP contribution in [0.2, 0.25) is 0 Å². The third-order valence-corrected chi connectivity index (χ3v) is 5.54. The molecule has 0 radical (unpaired) electrons. The Balaban J connectivity index is 1.57. The Kier molecular flexibility index (Phi) is 8.48. The number of carbonyl (C=O) groups excluding carboxylic acids is 2. The summed E-state index contributed by atoms with van der Waals surface area (Å²) in [5, 5.41) is 14.6. The Hall–Kier alpha value is -3.79. The predicted molar refractivity (Wildman–Crippen MR) is 127 cm³/mol.